The number of ether oxygens (including phenoxy) is 1. The summed E-state index contributed by atoms with van der Waals surface area (Å²) < 4.78 is 48.5. The summed E-state index contributed by atoms with van der Waals surface area (Å²) in [6.07, 6.45) is 0.688. The first kappa shape index (κ1) is 19.7. The van der Waals surface area contributed by atoms with Crippen LogP contribution in [0.3, 0.4) is 0 Å². The Kier molecular flexibility index (Phi) is 3.88. The number of hydrogen-bond donors (Lipinski definition) is 1. The Balaban J connectivity index is 1.06. The molecule has 0 atom stereocenters. The maximum Gasteiger partial charge on any atom is 0.522 e. The molecule has 4 saturated carbocycles. The molecule has 0 aromatic carbocycles. The third kappa shape index (κ3) is 3.09. The van der Waals surface area contributed by atoms with Crippen LogP contribution < -0.4 is 5.32 Å². The Bertz CT molecular complexity index is 1210. The first-order valence-corrected chi connectivity index (χ1v) is 10.5. The van der Waals surface area contributed by atoms with Gasteiger partial charge < -0.3 is 14.1 Å². The zero-order valence-corrected chi connectivity index (χ0v) is 17.1. The average Bonchev–Trinajstić information content (AvgIpc) is 3.25. The highest BCUT2D eigenvalue weighted by molar-refractivity contribution is 5.93. The number of hydrogen-bond acceptors (Lipinski definition) is 6. The average molecular weight is 447 g/mol. The molecule has 4 fully saturated rings. The van der Waals surface area contributed by atoms with E-state index in [9.17, 15) is 18.0 Å². The van der Waals surface area contributed by atoms with Gasteiger partial charge in [0.25, 0.3) is 5.91 Å². The SMILES string of the molecule is Cc1ccc2nc(C(=O)NC34CC(c5nnc(C6CC(OC(F)(F)F)C6)o5)(C3)C4)cn2c1. The summed E-state index contributed by atoms with van der Waals surface area (Å²) in [4.78, 5) is 17.1. The van der Waals surface area contributed by atoms with Gasteiger partial charge in [0.15, 0.2) is 0 Å². The van der Waals surface area contributed by atoms with Crippen LogP contribution >= 0.6 is 0 Å². The van der Waals surface area contributed by atoms with Crippen LogP contribution in [0.1, 0.15) is 65.9 Å². The summed E-state index contributed by atoms with van der Waals surface area (Å²) in [5, 5.41) is 11.3. The molecule has 7 rings (SSSR count). The first-order chi connectivity index (χ1) is 15.1. The third-order valence-corrected chi connectivity index (χ3v) is 6.88. The quantitative estimate of drug-likeness (QED) is 0.644. The third-order valence-electron chi connectivity index (χ3n) is 6.88. The van der Waals surface area contributed by atoms with Crippen molar-refractivity contribution in [3.63, 3.8) is 0 Å². The fourth-order valence-corrected chi connectivity index (χ4v) is 5.33. The predicted molar refractivity (Wildman–Crippen MR) is 103 cm³/mol. The zero-order chi connectivity index (χ0) is 22.3. The van der Waals surface area contributed by atoms with Crippen molar-refractivity contribution in [2.75, 3.05) is 0 Å². The second-order valence-corrected chi connectivity index (χ2v) is 9.44. The van der Waals surface area contributed by atoms with Crippen molar-refractivity contribution in [3.8, 4) is 0 Å². The molecule has 32 heavy (non-hydrogen) atoms. The van der Waals surface area contributed by atoms with Crippen LogP contribution in [0.4, 0.5) is 13.2 Å². The Morgan fingerprint density at radius 1 is 1.22 bits per heavy atom. The number of amides is 1. The van der Waals surface area contributed by atoms with Crippen LogP contribution in [0.25, 0.3) is 5.65 Å². The van der Waals surface area contributed by atoms with Gasteiger partial charge in [0, 0.05) is 23.9 Å². The van der Waals surface area contributed by atoms with Crippen molar-refractivity contribution >= 4 is 11.6 Å². The van der Waals surface area contributed by atoms with Gasteiger partial charge in [-0.25, -0.2) is 4.98 Å². The highest BCUT2D eigenvalue weighted by Gasteiger charge is 2.72. The maximum absolute atomic E-state index is 12.7. The number of nitrogens with one attached hydrogen (secondary N) is 1. The van der Waals surface area contributed by atoms with E-state index in [-0.39, 0.29) is 35.6 Å². The number of carbonyl (C=O) groups is 1. The lowest BCUT2D eigenvalue weighted by atomic mass is 9.39. The van der Waals surface area contributed by atoms with Crippen LogP contribution in [0.2, 0.25) is 0 Å². The van der Waals surface area contributed by atoms with Crippen molar-refractivity contribution in [3.05, 3.63) is 47.6 Å². The highest BCUT2D eigenvalue weighted by atomic mass is 19.4. The molecule has 0 unspecified atom stereocenters. The molecule has 4 aliphatic carbocycles. The van der Waals surface area contributed by atoms with Gasteiger partial charge in [-0.2, -0.15) is 0 Å². The van der Waals surface area contributed by atoms with E-state index in [0.29, 0.717) is 42.4 Å². The maximum atomic E-state index is 12.7. The van der Waals surface area contributed by atoms with Crippen molar-refractivity contribution in [2.24, 2.45) is 0 Å². The molecule has 2 bridgehead atoms. The van der Waals surface area contributed by atoms with E-state index in [1.54, 1.807) is 6.20 Å². The smallest absolute Gasteiger partial charge is 0.424 e. The summed E-state index contributed by atoms with van der Waals surface area (Å²) in [5.41, 5.74) is 1.62. The number of halogens is 3. The van der Waals surface area contributed by atoms with E-state index < -0.39 is 12.5 Å². The van der Waals surface area contributed by atoms with Gasteiger partial charge >= 0.3 is 6.36 Å². The standard InChI is InChI=1S/C21H20F3N5O3/c1-11-2-3-15-25-14(7-29(15)6-11)16(30)26-20-8-19(9-20,10-20)18-28-27-17(31-18)12-4-13(5-12)32-21(22,23)24/h2-3,6-7,12-13H,4-5,8-10H2,1H3,(H,26,30). The van der Waals surface area contributed by atoms with Crippen molar-refractivity contribution in [1.29, 1.82) is 0 Å². The summed E-state index contributed by atoms with van der Waals surface area (Å²) in [6.45, 7) is 1.98. The molecular formula is C21H20F3N5O3. The molecule has 1 amide bonds. The molecule has 3 aromatic heterocycles. The molecule has 11 heteroatoms. The zero-order valence-electron chi connectivity index (χ0n) is 17.1. The summed E-state index contributed by atoms with van der Waals surface area (Å²) in [5.74, 6) is 0.455. The molecule has 3 aromatic rings. The second-order valence-electron chi connectivity index (χ2n) is 9.44. The fourth-order valence-electron chi connectivity index (χ4n) is 5.33. The molecule has 0 radical (unpaired) electrons. The van der Waals surface area contributed by atoms with Crippen molar-refractivity contribution in [1.82, 2.24) is 24.9 Å². The number of aromatic nitrogens is 4. The van der Waals surface area contributed by atoms with Gasteiger partial charge in [-0.1, -0.05) is 6.07 Å². The summed E-state index contributed by atoms with van der Waals surface area (Å²) in [6, 6.07) is 3.82. The molecule has 1 N–H and O–H groups in total. The topological polar surface area (TPSA) is 94.6 Å². The van der Waals surface area contributed by atoms with Crippen LogP contribution in [-0.4, -0.2) is 43.5 Å². The van der Waals surface area contributed by atoms with Crippen LogP contribution in [0, 0.1) is 6.92 Å². The molecule has 3 heterocycles. The monoisotopic (exact) mass is 447 g/mol. The normalized spacial score (nSPS) is 31.0. The number of fused-ring (bicyclic) bond motifs is 1. The minimum atomic E-state index is -4.62. The number of rotatable bonds is 5. The fraction of sp³-hybridized carbons (Fsp3) is 0.524. The van der Waals surface area contributed by atoms with Crippen molar-refractivity contribution < 1.29 is 27.1 Å². The summed E-state index contributed by atoms with van der Waals surface area (Å²) >= 11 is 0. The number of pyridine rings is 1. The van der Waals surface area contributed by atoms with Gasteiger partial charge in [-0.3, -0.25) is 9.53 Å². The van der Waals surface area contributed by atoms with Crippen LogP contribution in [0.15, 0.2) is 28.9 Å². The number of carbonyl (C=O) groups excluding carboxylic acids is 1. The first-order valence-electron chi connectivity index (χ1n) is 10.5. The molecule has 8 nitrogen and oxygen atoms in total. The van der Waals surface area contributed by atoms with Gasteiger partial charge in [-0.05, 0) is 50.7 Å². The lowest BCUT2D eigenvalue weighted by molar-refractivity contribution is -0.352. The largest absolute Gasteiger partial charge is 0.522 e. The van der Waals surface area contributed by atoms with E-state index in [1.807, 2.05) is 29.7 Å². The van der Waals surface area contributed by atoms with E-state index in [2.05, 4.69) is 25.2 Å². The Labute approximate surface area is 180 Å². The van der Waals surface area contributed by atoms with Crippen LogP contribution in [-0.2, 0) is 10.2 Å². The van der Waals surface area contributed by atoms with E-state index in [0.717, 1.165) is 5.56 Å². The van der Waals surface area contributed by atoms with Crippen LogP contribution in [0.5, 0.6) is 0 Å². The second kappa shape index (κ2) is 6.31. The lowest BCUT2D eigenvalue weighted by Crippen LogP contribution is -2.76. The van der Waals surface area contributed by atoms with Crippen molar-refractivity contribution in [2.45, 2.75) is 68.4 Å². The Morgan fingerprint density at radius 3 is 2.69 bits per heavy atom. The van der Waals surface area contributed by atoms with E-state index >= 15 is 0 Å². The lowest BCUT2D eigenvalue weighted by Gasteiger charge is -2.68. The summed E-state index contributed by atoms with van der Waals surface area (Å²) in [7, 11) is 0. The number of nitrogens with zero attached hydrogens (tertiary/aromatic N) is 4. The molecule has 0 aliphatic heterocycles. The number of imidazole rings is 1. The minimum absolute atomic E-state index is 0.205. The van der Waals surface area contributed by atoms with Gasteiger partial charge in [0.1, 0.15) is 11.3 Å². The molecule has 0 spiro atoms. The number of alkyl halides is 3. The van der Waals surface area contributed by atoms with E-state index in [4.69, 9.17) is 4.42 Å². The van der Waals surface area contributed by atoms with Gasteiger partial charge in [0.2, 0.25) is 11.8 Å². The highest BCUT2D eigenvalue weighted by Crippen LogP contribution is 2.67. The Hall–Kier alpha value is -2.95. The Morgan fingerprint density at radius 2 is 1.97 bits per heavy atom. The molecule has 0 saturated heterocycles. The molecular weight excluding hydrogens is 427 g/mol. The predicted octanol–water partition coefficient (Wildman–Crippen LogP) is 3.41. The van der Waals surface area contributed by atoms with Gasteiger partial charge in [0.05, 0.1) is 11.5 Å². The molecule has 4 aliphatic rings. The number of aryl methyl sites for hydroxylation is 1. The minimum Gasteiger partial charge on any atom is -0.424 e. The van der Waals surface area contributed by atoms with E-state index in [1.165, 1.54) is 0 Å². The molecule has 168 valence electrons. The van der Waals surface area contributed by atoms with Gasteiger partial charge in [-0.15, -0.1) is 23.4 Å².